The number of hydrogen-bond acceptors (Lipinski definition) is 4. The number of halogens is 1. The average molecular weight is 367 g/mol. The van der Waals surface area contributed by atoms with Gasteiger partial charge in [-0.15, -0.1) is 0 Å². The molecule has 0 heterocycles. The quantitative estimate of drug-likeness (QED) is 0.516. The van der Waals surface area contributed by atoms with Crippen LogP contribution in [0.25, 0.3) is 0 Å². The number of likely N-dealkylation sites (N-methyl/N-ethyl adjacent to an activating group) is 1. The molecule has 0 saturated carbocycles. The minimum absolute atomic E-state index is 0.651. The maximum absolute atomic E-state index is 5.28. The van der Waals surface area contributed by atoms with Crippen LogP contribution in [0.4, 0.5) is 5.69 Å². The molecule has 5 heteroatoms. The van der Waals surface area contributed by atoms with Gasteiger partial charge < -0.3 is 13.8 Å². The summed E-state index contributed by atoms with van der Waals surface area (Å²) >= 11 is 2.12. The summed E-state index contributed by atoms with van der Waals surface area (Å²) in [5.74, 6) is 0. The fourth-order valence-electron chi connectivity index (χ4n) is 1.56. The summed E-state index contributed by atoms with van der Waals surface area (Å²) in [4.78, 5) is 2.29. The van der Waals surface area contributed by atoms with Crippen molar-refractivity contribution >= 4 is 36.1 Å². The Morgan fingerprint density at radius 1 is 1.29 bits per heavy atom. The standard InChI is InChI=1S/C12H18INO2S/c1-3-14(8-9-15-2)12-6-4-11(5-7-12)10-16-17-13/h4-7H,3,8-10H2,1-2H3. The van der Waals surface area contributed by atoms with Gasteiger partial charge in [-0.05, 0) is 24.6 Å². The Balaban J connectivity index is 2.57. The van der Waals surface area contributed by atoms with Crippen LogP contribution in [0.5, 0.6) is 0 Å². The Morgan fingerprint density at radius 3 is 2.53 bits per heavy atom. The van der Waals surface area contributed by atoms with E-state index in [4.69, 9.17) is 8.92 Å². The van der Waals surface area contributed by atoms with Crippen molar-refractivity contribution in [3.8, 4) is 0 Å². The van der Waals surface area contributed by atoms with Gasteiger partial charge >= 0.3 is 0 Å². The number of hydrogen-bond donors (Lipinski definition) is 0. The van der Waals surface area contributed by atoms with Crippen LogP contribution in [0.15, 0.2) is 24.3 Å². The fraction of sp³-hybridized carbons (Fsp3) is 0.500. The number of benzene rings is 1. The van der Waals surface area contributed by atoms with E-state index in [9.17, 15) is 0 Å². The van der Waals surface area contributed by atoms with Gasteiger partial charge in [0.15, 0.2) is 0 Å². The summed E-state index contributed by atoms with van der Waals surface area (Å²) in [6.07, 6.45) is 0. The third-order valence-corrected chi connectivity index (χ3v) is 3.49. The highest BCUT2D eigenvalue weighted by molar-refractivity contribution is 14.2. The molecule has 0 fully saturated rings. The number of ether oxygens (including phenoxy) is 1. The first-order valence-corrected chi connectivity index (χ1v) is 8.83. The maximum atomic E-state index is 5.28. The molecule has 0 radical (unpaired) electrons. The van der Waals surface area contributed by atoms with Crippen LogP contribution in [-0.2, 0) is 15.5 Å². The van der Waals surface area contributed by atoms with Gasteiger partial charge in [-0.2, -0.15) is 0 Å². The van der Waals surface area contributed by atoms with Gasteiger partial charge in [-0.25, -0.2) is 0 Å². The Kier molecular flexibility index (Phi) is 8.00. The summed E-state index contributed by atoms with van der Waals surface area (Å²) in [5, 5.41) is 0. The van der Waals surface area contributed by atoms with Crippen LogP contribution >= 0.6 is 30.4 Å². The first-order valence-electron chi connectivity index (χ1n) is 5.54. The van der Waals surface area contributed by atoms with Crippen molar-refractivity contribution < 1.29 is 8.92 Å². The Labute approximate surface area is 120 Å². The summed E-state index contributed by atoms with van der Waals surface area (Å²) in [6, 6.07) is 8.49. The van der Waals surface area contributed by atoms with E-state index in [1.54, 1.807) is 7.11 Å². The van der Waals surface area contributed by atoms with E-state index in [2.05, 4.69) is 57.3 Å². The third kappa shape index (κ3) is 5.46. The second kappa shape index (κ2) is 9.02. The van der Waals surface area contributed by atoms with Crippen LogP contribution in [0.2, 0.25) is 0 Å². The normalized spacial score (nSPS) is 10.5. The molecule has 0 amide bonds. The van der Waals surface area contributed by atoms with E-state index < -0.39 is 0 Å². The number of nitrogens with zero attached hydrogens (tertiary/aromatic N) is 1. The highest BCUT2D eigenvalue weighted by atomic mass is 127. The largest absolute Gasteiger partial charge is 0.383 e. The zero-order valence-electron chi connectivity index (χ0n) is 10.2. The molecule has 0 aromatic heterocycles. The summed E-state index contributed by atoms with van der Waals surface area (Å²) in [7, 11) is 3.10. The SMILES string of the molecule is CCN(CCOC)c1ccc(COSI)cc1. The zero-order chi connectivity index (χ0) is 12.5. The molecule has 0 bridgehead atoms. The highest BCUT2D eigenvalue weighted by Gasteiger charge is 2.03. The van der Waals surface area contributed by atoms with Crippen molar-refractivity contribution in [2.24, 2.45) is 0 Å². The van der Waals surface area contributed by atoms with E-state index in [0.717, 1.165) is 19.7 Å². The smallest absolute Gasteiger partial charge is 0.0874 e. The first kappa shape index (κ1) is 15.1. The predicted molar refractivity (Wildman–Crippen MR) is 82.6 cm³/mol. The molecule has 0 N–H and O–H groups in total. The van der Waals surface area contributed by atoms with Crippen molar-refractivity contribution in [2.75, 3.05) is 31.7 Å². The van der Waals surface area contributed by atoms with E-state index in [0.29, 0.717) is 6.61 Å². The lowest BCUT2D eigenvalue weighted by Gasteiger charge is -2.22. The molecular weight excluding hydrogens is 349 g/mol. The lowest BCUT2D eigenvalue weighted by molar-refractivity contribution is 0.205. The summed E-state index contributed by atoms with van der Waals surface area (Å²) in [5.41, 5.74) is 2.43. The molecule has 3 nitrogen and oxygen atoms in total. The molecule has 0 saturated heterocycles. The molecule has 0 unspecified atom stereocenters. The molecule has 1 rings (SSSR count). The molecule has 1 aromatic carbocycles. The first-order chi connectivity index (χ1) is 8.31. The number of methoxy groups -OCH3 is 1. The monoisotopic (exact) mass is 367 g/mol. The summed E-state index contributed by atoms with van der Waals surface area (Å²) in [6.45, 7) is 5.47. The summed E-state index contributed by atoms with van der Waals surface area (Å²) < 4.78 is 10.4. The second-order valence-electron chi connectivity index (χ2n) is 3.56. The minimum atomic E-state index is 0.651. The molecule has 0 spiro atoms. The van der Waals surface area contributed by atoms with Crippen molar-refractivity contribution in [3.05, 3.63) is 29.8 Å². The van der Waals surface area contributed by atoms with E-state index in [1.165, 1.54) is 20.5 Å². The van der Waals surface area contributed by atoms with Gasteiger partial charge in [-0.1, -0.05) is 12.1 Å². The molecule has 0 aliphatic rings. The molecule has 0 atom stereocenters. The Morgan fingerprint density at radius 2 is 2.00 bits per heavy atom. The van der Waals surface area contributed by atoms with Gasteiger partial charge in [0, 0.05) is 47.1 Å². The third-order valence-electron chi connectivity index (χ3n) is 2.52. The molecule has 96 valence electrons. The molecule has 0 aliphatic heterocycles. The van der Waals surface area contributed by atoms with Gasteiger partial charge in [0.25, 0.3) is 0 Å². The maximum Gasteiger partial charge on any atom is 0.0874 e. The van der Waals surface area contributed by atoms with Crippen molar-refractivity contribution in [1.82, 2.24) is 0 Å². The van der Waals surface area contributed by atoms with Crippen LogP contribution in [0.3, 0.4) is 0 Å². The number of anilines is 1. The lowest BCUT2D eigenvalue weighted by Crippen LogP contribution is -2.26. The van der Waals surface area contributed by atoms with E-state index in [-0.39, 0.29) is 0 Å². The fourth-order valence-corrected chi connectivity index (χ4v) is 2.13. The van der Waals surface area contributed by atoms with Crippen molar-refractivity contribution in [1.29, 1.82) is 0 Å². The van der Waals surface area contributed by atoms with Gasteiger partial charge in [-0.3, -0.25) is 0 Å². The molecular formula is C12H18INO2S. The average Bonchev–Trinajstić information content (AvgIpc) is 2.38. The van der Waals surface area contributed by atoms with Gasteiger partial charge in [0.2, 0.25) is 0 Å². The Bertz CT molecular complexity index is 308. The van der Waals surface area contributed by atoms with Gasteiger partial charge in [0.1, 0.15) is 0 Å². The second-order valence-corrected chi connectivity index (χ2v) is 5.00. The van der Waals surface area contributed by atoms with Crippen molar-refractivity contribution in [3.63, 3.8) is 0 Å². The zero-order valence-corrected chi connectivity index (χ0v) is 13.2. The van der Waals surface area contributed by atoms with E-state index in [1.807, 2.05) is 0 Å². The number of rotatable bonds is 8. The Hall–Kier alpha value is 0.0200. The lowest BCUT2D eigenvalue weighted by atomic mass is 10.2. The van der Waals surface area contributed by atoms with E-state index >= 15 is 0 Å². The highest BCUT2D eigenvalue weighted by Crippen LogP contribution is 2.19. The van der Waals surface area contributed by atoms with Gasteiger partial charge in [0.05, 0.1) is 22.4 Å². The molecule has 1 aromatic rings. The molecule has 17 heavy (non-hydrogen) atoms. The van der Waals surface area contributed by atoms with Crippen LogP contribution in [0, 0.1) is 0 Å². The van der Waals surface area contributed by atoms with Crippen LogP contribution < -0.4 is 4.90 Å². The predicted octanol–water partition coefficient (Wildman–Crippen LogP) is 3.67. The van der Waals surface area contributed by atoms with Crippen molar-refractivity contribution in [2.45, 2.75) is 13.5 Å². The van der Waals surface area contributed by atoms with Crippen LogP contribution in [0.1, 0.15) is 12.5 Å². The minimum Gasteiger partial charge on any atom is -0.383 e. The van der Waals surface area contributed by atoms with Crippen LogP contribution in [-0.4, -0.2) is 26.8 Å². The topological polar surface area (TPSA) is 21.7 Å². The molecule has 0 aliphatic carbocycles.